The van der Waals surface area contributed by atoms with Gasteiger partial charge in [0.1, 0.15) is 37.2 Å². The summed E-state index contributed by atoms with van der Waals surface area (Å²) >= 11 is 0. The third-order valence-electron chi connectivity index (χ3n) is 10.5. The molecule has 57 heavy (non-hydrogen) atoms. The van der Waals surface area contributed by atoms with Crippen LogP contribution < -0.4 is 35.0 Å². The molecule has 4 amide bonds. The van der Waals surface area contributed by atoms with Crippen molar-refractivity contribution in [3.63, 3.8) is 0 Å². The van der Waals surface area contributed by atoms with Gasteiger partial charge >= 0.3 is 15.9 Å². The van der Waals surface area contributed by atoms with Gasteiger partial charge < -0.3 is 19.7 Å². The number of nitrogens with zero attached hydrogens (tertiary/aromatic N) is 4. The monoisotopic (exact) mass is 799 g/mol. The van der Waals surface area contributed by atoms with Crippen LogP contribution >= 0.6 is 0 Å². The molecule has 0 bridgehead atoms. The van der Waals surface area contributed by atoms with Crippen LogP contribution in [-0.2, 0) is 47.8 Å². The number of halogens is 1. The van der Waals surface area contributed by atoms with Crippen LogP contribution in [0.4, 0.5) is 21.5 Å². The number of hydrogen-bond acceptors (Lipinski definition) is 10. The number of imide groups is 1. The van der Waals surface area contributed by atoms with Crippen LogP contribution in [0.5, 0.6) is 5.75 Å². The lowest BCUT2D eigenvalue weighted by molar-refractivity contribution is -0.135. The summed E-state index contributed by atoms with van der Waals surface area (Å²) < 4.78 is 59.0. The van der Waals surface area contributed by atoms with Crippen molar-refractivity contribution in [2.24, 2.45) is 7.05 Å². The Morgan fingerprint density at radius 2 is 1.70 bits per heavy atom. The van der Waals surface area contributed by atoms with Gasteiger partial charge in [0.2, 0.25) is 17.7 Å². The molecule has 0 aliphatic carbocycles. The average molecular weight is 800 g/mol. The van der Waals surface area contributed by atoms with Crippen LogP contribution in [0.2, 0.25) is 0 Å². The molecule has 18 heteroatoms. The van der Waals surface area contributed by atoms with Crippen molar-refractivity contribution in [3.8, 4) is 5.75 Å². The normalized spacial score (nSPS) is 18.6. The second-order valence-electron chi connectivity index (χ2n) is 14.2. The Kier molecular flexibility index (Phi) is 9.91. The third-order valence-corrected chi connectivity index (χ3v) is 11.8. The van der Waals surface area contributed by atoms with Gasteiger partial charge in [-0.15, -0.1) is 0 Å². The fourth-order valence-electron chi connectivity index (χ4n) is 7.58. The molecule has 3 aliphatic heterocycles. The van der Waals surface area contributed by atoms with E-state index >= 15 is 4.39 Å². The van der Waals surface area contributed by atoms with E-state index in [0.717, 1.165) is 11.3 Å². The molecule has 1 unspecified atom stereocenters. The summed E-state index contributed by atoms with van der Waals surface area (Å²) in [5.74, 6) is -3.07. The molecule has 4 aromatic carbocycles. The first-order chi connectivity index (χ1) is 27.4. The van der Waals surface area contributed by atoms with Crippen molar-refractivity contribution in [1.29, 1.82) is 0 Å². The second-order valence-corrected chi connectivity index (χ2v) is 15.8. The highest BCUT2D eigenvalue weighted by Gasteiger charge is 2.38. The van der Waals surface area contributed by atoms with E-state index < -0.39 is 52.0 Å². The van der Waals surface area contributed by atoms with E-state index in [1.165, 1.54) is 27.3 Å². The lowest BCUT2D eigenvalue weighted by atomic mass is 10.1. The minimum atomic E-state index is -4.35. The molecule has 16 nitrogen and oxygen atoms in total. The Labute approximate surface area is 325 Å². The number of hydrogen-bond donors (Lipinski definition) is 3. The number of nitrogens with one attached hydrogen (secondary N) is 3. The van der Waals surface area contributed by atoms with Crippen LogP contribution in [0.3, 0.4) is 0 Å². The number of amides is 4. The Morgan fingerprint density at radius 1 is 0.930 bits per heavy atom. The molecule has 3 aliphatic rings. The number of anilines is 3. The molecule has 3 saturated heterocycles. The topological polar surface area (TPSA) is 190 Å². The van der Waals surface area contributed by atoms with Gasteiger partial charge in [-0.2, -0.15) is 8.42 Å². The zero-order chi connectivity index (χ0) is 40.0. The van der Waals surface area contributed by atoms with Gasteiger partial charge in [-0.05, 0) is 72.7 Å². The first kappa shape index (κ1) is 37.6. The summed E-state index contributed by atoms with van der Waals surface area (Å²) in [6.45, 7) is 0.431. The number of carbonyl (C=O) groups excluding carboxylic acids is 4. The highest BCUT2D eigenvalue weighted by Crippen LogP contribution is 2.40. The van der Waals surface area contributed by atoms with E-state index in [4.69, 9.17) is 9.47 Å². The lowest BCUT2D eigenvalue weighted by Crippen LogP contribution is -2.44. The van der Waals surface area contributed by atoms with Crippen LogP contribution in [0, 0.1) is 5.82 Å². The quantitative estimate of drug-likeness (QED) is 0.177. The van der Waals surface area contributed by atoms with E-state index in [9.17, 15) is 32.4 Å². The number of aryl methyl sites for hydroxylation is 1. The fourth-order valence-corrected chi connectivity index (χ4v) is 8.74. The summed E-state index contributed by atoms with van der Waals surface area (Å²) in [4.78, 5) is 64.6. The molecule has 3 N–H and O–H groups in total. The number of aromatic nitrogens is 2. The average Bonchev–Trinajstić information content (AvgIpc) is 3.61. The highest BCUT2D eigenvalue weighted by atomic mass is 32.2. The molecule has 3 fully saturated rings. The maximum Gasteiger partial charge on any atom is 0.329 e. The Hall–Kier alpha value is -6.27. The predicted octanol–water partition coefficient (Wildman–Crippen LogP) is 2.99. The van der Waals surface area contributed by atoms with E-state index in [0.29, 0.717) is 52.3 Å². The Morgan fingerprint density at radius 3 is 2.42 bits per heavy atom. The van der Waals surface area contributed by atoms with Gasteiger partial charge in [-0.1, -0.05) is 30.3 Å². The molecule has 1 atom stereocenters. The first-order valence-electron chi connectivity index (χ1n) is 18.3. The number of fused-ring (bicyclic) bond motifs is 2. The fraction of sp³-hybridized carbons (Fsp3) is 0.308. The summed E-state index contributed by atoms with van der Waals surface area (Å²) in [7, 11) is -2.70. The van der Waals surface area contributed by atoms with Crippen molar-refractivity contribution in [1.82, 2.24) is 19.2 Å². The van der Waals surface area contributed by atoms with Gasteiger partial charge in [-0.3, -0.25) is 33.6 Å². The van der Waals surface area contributed by atoms with Crippen molar-refractivity contribution in [2.75, 3.05) is 40.8 Å². The van der Waals surface area contributed by atoms with Gasteiger partial charge in [0.25, 0.3) is 5.91 Å². The third kappa shape index (κ3) is 7.40. The number of piperidine rings is 2. The van der Waals surface area contributed by atoms with Crippen molar-refractivity contribution < 1.29 is 41.5 Å². The molecule has 0 radical (unpaired) electrons. The largest absolute Gasteiger partial charge is 0.487 e. The number of rotatable bonds is 10. The van der Waals surface area contributed by atoms with Crippen LogP contribution in [-0.4, -0.2) is 73.5 Å². The zero-order valence-corrected chi connectivity index (χ0v) is 31.5. The lowest BCUT2D eigenvalue weighted by Gasteiger charge is -2.33. The van der Waals surface area contributed by atoms with E-state index in [-0.39, 0.29) is 54.9 Å². The van der Waals surface area contributed by atoms with Gasteiger partial charge in [0.05, 0.1) is 17.1 Å². The second kappa shape index (κ2) is 15.0. The molecule has 5 aromatic rings. The number of imidazole rings is 1. The summed E-state index contributed by atoms with van der Waals surface area (Å²) in [6.07, 6.45) is 1.50. The van der Waals surface area contributed by atoms with Crippen LogP contribution in [0.1, 0.15) is 37.3 Å². The number of benzene rings is 4. The van der Waals surface area contributed by atoms with Crippen molar-refractivity contribution in [3.05, 3.63) is 94.7 Å². The van der Waals surface area contributed by atoms with Crippen LogP contribution in [0.15, 0.2) is 77.6 Å². The maximum absolute atomic E-state index is 16.2. The molecule has 0 saturated carbocycles. The standard InChI is InChI=1S/C39H38FN7O9S/c1-44-31-19-26(8-10-29(31)47(39(44)52)30-11-12-33(48)42-38(30)51)45-15-13-27(14-16-45)55-22-35(50)41-25-7-9-28-24(17-25)18-32(56-21-23-5-3-2-4-6-23)37(36(28)40)46-20-34(49)43-57(46,53)54/h2-10,17-19,27,30H,11-16,20-22H2,1H3,(H,41,50)(H,43,49)(H,42,48,51). The predicted molar refractivity (Wildman–Crippen MR) is 208 cm³/mol. The van der Waals surface area contributed by atoms with Crippen molar-refractivity contribution in [2.45, 2.75) is 44.4 Å². The SMILES string of the molecule is Cn1c(=O)n(C2CCC(=O)NC2=O)c2ccc(N3CCC(OCC(=O)Nc4ccc5c(F)c(N6CC(=O)NS6(=O)=O)c(OCc6ccccc6)cc5c4)CC3)cc21. The molecule has 8 rings (SSSR count). The smallest absolute Gasteiger partial charge is 0.329 e. The molecule has 0 spiro atoms. The van der Waals surface area contributed by atoms with E-state index in [1.807, 2.05) is 29.0 Å². The van der Waals surface area contributed by atoms with Gasteiger partial charge in [0, 0.05) is 43.3 Å². The Bertz CT molecular complexity index is 2620. The maximum atomic E-state index is 16.2. The van der Waals surface area contributed by atoms with E-state index in [2.05, 4.69) is 15.5 Å². The summed E-state index contributed by atoms with van der Waals surface area (Å²) in [6, 6.07) is 19.8. The zero-order valence-electron chi connectivity index (χ0n) is 30.7. The molecule has 1 aromatic heterocycles. The summed E-state index contributed by atoms with van der Waals surface area (Å²) in [5.41, 5.74) is 2.54. The van der Waals surface area contributed by atoms with Crippen LogP contribution in [0.25, 0.3) is 21.8 Å². The molecule has 296 valence electrons. The minimum Gasteiger partial charge on any atom is -0.487 e. The number of ether oxygens (including phenoxy) is 2. The molecular weight excluding hydrogens is 762 g/mol. The minimum absolute atomic E-state index is 0.00234. The van der Waals surface area contributed by atoms with Gasteiger partial charge in [-0.25, -0.2) is 18.2 Å². The van der Waals surface area contributed by atoms with Gasteiger partial charge in [0.15, 0.2) is 5.82 Å². The Balaban J connectivity index is 0.912. The number of carbonyl (C=O) groups is 4. The molecular formula is C39H38FN7O9S. The first-order valence-corrected chi connectivity index (χ1v) is 19.8. The summed E-state index contributed by atoms with van der Waals surface area (Å²) in [5, 5.41) is 5.48. The highest BCUT2D eigenvalue weighted by molar-refractivity contribution is 7.92. The van der Waals surface area contributed by atoms with Crippen molar-refractivity contribution >= 4 is 72.7 Å². The van der Waals surface area contributed by atoms with E-state index in [1.54, 1.807) is 37.4 Å². The molecule has 4 heterocycles.